The van der Waals surface area contributed by atoms with Crippen LogP contribution in [0.25, 0.3) is 11.1 Å². The van der Waals surface area contributed by atoms with Crippen molar-refractivity contribution in [3.8, 4) is 11.1 Å². The molecule has 0 bridgehead atoms. The zero-order valence-corrected chi connectivity index (χ0v) is 14.0. The molecule has 3 aromatic carbocycles. The summed E-state index contributed by atoms with van der Waals surface area (Å²) in [5, 5.41) is 0. The summed E-state index contributed by atoms with van der Waals surface area (Å²) in [6, 6.07) is 24.9. The van der Waals surface area contributed by atoms with Gasteiger partial charge in [-0.2, -0.15) is 0 Å². The molecule has 1 atom stereocenters. The second-order valence-corrected chi connectivity index (χ2v) is 7.17. The minimum Gasteiger partial charge on any atom is -0.0622 e. The van der Waals surface area contributed by atoms with E-state index in [9.17, 15) is 0 Å². The van der Waals surface area contributed by atoms with E-state index in [2.05, 4.69) is 66.7 Å². The predicted molar refractivity (Wildman–Crippen MR) is 101 cm³/mol. The highest BCUT2D eigenvalue weighted by molar-refractivity contribution is 5.75. The summed E-state index contributed by atoms with van der Waals surface area (Å²) in [7, 11) is 0. The van der Waals surface area contributed by atoms with E-state index in [1.807, 2.05) is 0 Å². The summed E-state index contributed by atoms with van der Waals surface area (Å²) in [5.74, 6) is 0.581. The first-order valence-electron chi connectivity index (χ1n) is 9.19. The van der Waals surface area contributed by atoms with Gasteiger partial charge in [0.1, 0.15) is 0 Å². The van der Waals surface area contributed by atoms with Crippen LogP contribution < -0.4 is 0 Å². The molecular formula is C24H22. The van der Waals surface area contributed by atoms with Crippen LogP contribution in [0.15, 0.2) is 66.7 Å². The molecule has 2 aliphatic rings. The summed E-state index contributed by atoms with van der Waals surface area (Å²) in [5.41, 5.74) is 10.8. The van der Waals surface area contributed by atoms with Crippen LogP contribution in [0, 0.1) is 0 Å². The smallest absolute Gasteiger partial charge is 0.00922 e. The Hall–Kier alpha value is -2.34. The van der Waals surface area contributed by atoms with Crippen LogP contribution in [0.1, 0.15) is 46.6 Å². The molecule has 0 N–H and O–H groups in total. The summed E-state index contributed by atoms with van der Waals surface area (Å²) in [6.07, 6.45) is 6.24. The van der Waals surface area contributed by atoms with Crippen LogP contribution in [-0.2, 0) is 19.3 Å². The van der Waals surface area contributed by atoms with Gasteiger partial charge in [0.05, 0.1) is 0 Å². The minimum absolute atomic E-state index is 0.581. The molecule has 3 aromatic rings. The van der Waals surface area contributed by atoms with Gasteiger partial charge in [-0.25, -0.2) is 0 Å². The van der Waals surface area contributed by atoms with E-state index in [1.54, 1.807) is 16.7 Å². The van der Waals surface area contributed by atoms with Crippen molar-refractivity contribution in [3.05, 3.63) is 94.5 Å². The summed E-state index contributed by atoms with van der Waals surface area (Å²) >= 11 is 0. The van der Waals surface area contributed by atoms with Crippen molar-refractivity contribution in [1.29, 1.82) is 0 Å². The summed E-state index contributed by atoms with van der Waals surface area (Å²) < 4.78 is 0. The SMILES string of the molecule is c1ccc(C2CCCc3c2ccc2c3CCc3ccccc3-2)cc1. The van der Waals surface area contributed by atoms with Crippen molar-refractivity contribution in [2.24, 2.45) is 0 Å². The highest BCUT2D eigenvalue weighted by atomic mass is 14.3. The second kappa shape index (κ2) is 5.63. The van der Waals surface area contributed by atoms with Crippen LogP contribution in [0.2, 0.25) is 0 Å². The molecule has 0 saturated heterocycles. The Kier molecular flexibility index (Phi) is 3.29. The Balaban J connectivity index is 1.67. The Morgan fingerprint density at radius 1 is 0.625 bits per heavy atom. The van der Waals surface area contributed by atoms with Crippen LogP contribution >= 0.6 is 0 Å². The number of aryl methyl sites for hydroxylation is 1. The number of fused-ring (bicyclic) bond motifs is 5. The molecule has 24 heavy (non-hydrogen) atoms. The van der Waals surface area contributed by atoms with Crippen LogP contribution in [0.5, 0.6) is 0 Å². The molecule has 0 heterocycles. The number of rotatable bonds is 1. The zero-order chi connectivity index (χ0) is 15.9. The van der Waals surface area contributed by atoms with Crippen LogP contribution in [-0.4, -0.2) is 0 Å². The van der Waals surface area contributed by atoms with E-state index in [0.29, 0.717) is 5.92 Å². The lowest BCUT2D eigenvalue weighted by Gasteiger charge is -2.31. The molecule has 0 aliphatic heterocycles. The monoisotopic (exact) mass is 310 g/mol. The third-order valence-electron chi connectivity index (χ3n) is 5.92. The fraction of sp³-hybridized carbons (Fsp3) is 0.250. The molecule has 0 amide bonds. The highest BCUT2D eigenvalue weighted by Gasteiger charge is 2.27. The molecule has 0 nitrogen and oxygen atoms in total. The van der Waals surface area contributed by atoms with E-state index in [0.717, 1.165) is 0 Å². The third-order valence-corrected chi connectivity index (χ3v) is 5.92. The van der Waals surface area contributed by atoms with Crippen molar-refractivity contribution in [3.63, 3.8) is 0 Å². The Bertz CT molecular complexity index is 889. The molecule has 0 aromatic heterocycles. The number of hydrogen-bond donors (Lipinski definition) is 0. The molecule has 0 fully saturated rings. The van der Waals surface area contributed by atoms with Gasteiger partial charge in [-0.05, 0) is 71.0 Å². The van der Waals surface area contributed by atoms with Crippen molar-refractivity contribution >= 4 is 0 Å². The van der Waals surface area contributed by atoms with Gasteiger partial charge < -0.3 is 0 Å². The van der Waals surface area contributed by atoms with Gasteiger partial charge in [0.15, 0.2) is 0 Å². The molecule has 1 unspecified atom stereocenters. The van der Waals surface area contributed by atoms with Crippen molar-refractivity contribution < 1.29 is 0 Å². The third kappa shape index (κ3) is 2.13. The van der Waals surface area contributed by atoms with Gasteiger partial charge in [-0.1, -0.05) is 66.7 Å². The first-order valence-corrected chi connectivity index (χ1v) is 9.19. The molecule has 0 radical (unpaired) electrons. The van der Waals surface area contributed by atoms with E-state index >= 15 is 0 Å². The second-order valence-electron chi connectivity index (χ2n) is 7.17. The minimum atomic E-state index is 0.581. The topological polar surface area (TPSA) is 0 Å². The fourth-order valence-electron chi connectivity index (χ4n) is 4.80. The quantitative estimate of drug-likeness (QED) is 0.523. The maximum atomic E-state index is 2.42. The van der Waals surface area contributed by atoms with Crippen molar-refractivity contribution in [1.82, 2.24) is 0 Å². The van der Waals surface area contributed by atoms with E-state index in [4.69, 9.17) is 0 Å². The molecular weight excluding hydrogens is 288 g/mol. The molecule has 0 spiro atoms. The normalized spacial score (nSPS) is 18.4. The van der Waals surface area contributed by atoms with Gasteiger partial charge in [0, 0.05) is 5.92 Å². The Labute approximate surface area is 144 Å². The maximum Gasteiger partial charge on any atom is 0.00922 e. The van der Waals surface area contributed by atoms with Gasteiger partial charge in [-0.3, -0.25) is 0 Å². The predicted octanol–water partition coefficient (Wildman–Crippen LogP) is 5.92. The van der Waals surface area contributed by atoms with Crippen LogP contribution in [0.3, 0.4) is 0 Å². The van der Waals surface area contributed by atoms with Gasteiger partial charge >= 0.3 is 0 Å². The largest absolute Gasteiger partial charge is 0.0622 e. The van der Waals surface area contributed by atoms with Crippen LogP contribution in [0.4, 0.5) is 0 Å². The van der Waals surface area contributed by atoms with E-state index < -0.39 is 0 Å². The van der Waals surface area contributed by atoms with Gasteiger partial charge in [0.25, 0.3) is 0 Å². The number of benzene rings is 3. The molecule has 118 valence electrons. The van der Waals surface area contributed by atoms with Crippen molar-refractivity contribution in [2.75, 3.05) is 0 Å². The summed E-state index contributed by atoms with van der Waals surface area (Å²) in [6.45, 7) is 0. The molecule has 0 heteroatoms. The maximum absolute atomic E-state index is 2.42. The van der Waals surface area contributed by atoms with E-state index in [-0.39, 0.29) is 0 Å². The average molecular weight is 310 g/mol. The van der Waals surface area contributed by atoms with Gasteiger partial charge in [-0.15, -0.1) is 0 Å². The standard InChI is InChI=1S/C24H22/c1-2-7-17(8-3-1)20-11-6-12-21-22(20)15-16-23-19-10-5-4-9-18(19)13-14-24(21)23/h1-5,7-10,15-16,20H,6,11-14H2. The first kappa shape index (κ1) is 14.0. The molecule has 5 rings (SSSR count). The lowest BCUT2D eigenvalue weighted by atomic mass is 9.73. The Morgan fingerprint density at radius 3 is 2.38 bits per heavy atom. The zero-order valence-electron chi connectivity index (χ0n) is 14.0. The summed E-state index contributed by atoms with van der Waals surface area (Å²) in [4.78, 5) is 0. The molecule has 2 aliphatic carbocycles. The lowest BCUT2D eigenvalue weighted by Crippen LogP contribution is -2.16. The lowest BCUT2D eigenvalue weighted by molar-refractivity contribution is 0.610. The fourth-order valence-corrected chi connectivity index (χ4v) is 4.80. The highest BCUT2D eigenvalue weighted by Crippen LogP contribution is 2.43. The Morgan fingerprint density at radius 2 is 1.46 bits per heavy atom. The first-order chi connectivity index (χ1) is 11.9. The van der Waals surface area contributed by atoms with Gasteiger partial charge in [0.2, 0.25) is 0 Å². The van der Waals surface area contributed by atoms with E-state index in [1.165, 1.54) is 54.4 Å². The van der Waals surface area contributed by atoms with Crippen molar-refractivity contribution in [2.45, 2.75) is 38.0 Å². The number of hydrogen-bond acceptors (Lipinski definition) is 0. The molecule has 0 saturated carbocycles. The average Bonchev–Trinajstić information content (AvgIpc) is 2.67.